The first kappa shape index (κ1) is 11.2. The summed E-state index contributed by atoms with van der Waals surface area (Å²) in [7, 11) is 2.04. The van der Waals surface area contributed by atoms with Crippen molar-refractivity contribution >= 4 is 5.82 Å². The van der Waals surface area contributed by atoms with Gasteiger partial charge in [0.05, 0.1) is 12.8 Å². The first-order valence-corrected chi connectivity index (χ1v) is 6.01. The Bertz CT molecular complexity index is 354. The van der Waals surface area contributed by atoms with Crippen LogP contribution in [0.5, 0.6) is 5.88 Å². The summed E-state index contributed by atoms with van der Waals surface area (Å²) < 4.78 is 5.62. The quantitative estimate of drug-likeness (QED) is 0.783. The van der Waals surface area contributed by atoms with E-state index in [1.807, 2.05) is 13.2 Å². The van der Waals surface area contributed by atoms with E-state index in [0.717, 1.165) is 56.2 Å². The second-order valence-electron chi connectivity index (χ2n) is 4.21. The number of aromatic nitrogens is 2. The Morgan fingerprint density at radius 1 is 1.44 bits per heavy atom. The fourth-order valence-corrected chi connectivity index (χ4v) is 1.87. The normalized spacial score (nSPS) is 14.9. The van der Waals surface area contributed by atoms with E-state index >= 15 is 0 Å². The number of rotatable bonds is 3. The minimum absolute atomic E-state index is 0.734. The van der Waals surface area contributed by atoms with Crippen molar-refractivity contribution in [1.29, 1.82) is 0 Å². The van der Waals surface area contributed by atoms with Crippen molar-refractivity contribution < 1.29 is 4.74 Å². The van der Waals surface area contributed by atoms with Crippen LogP contribution in [0.3, 0.4) is 0 Å². The lowest BCUT2D eigenvalue weighted by Gasteiger charge is -2.17. The fraction of sp³-hybridized carbons (Fsp3) is 0.667. The molecule has 1 aliphatic heterocycles. The maximum Gasteiger partial charge on any atom is 0.237 e. The highest BCUT2D eigenvalue weighted by atomic mass is 16.5. The van der Waals surface area contributed by atoms with Gasteiger partial charge in [0, 0.05) is 13.6 Å². The summed E-state index contributed by atoms with van der Waals surface area (Å²) in [5.41, 5.74) is 1.01. The van der Waals surface area contributed by atoms with Crippen molar-refractivity contribution in [1.82, 2.24) is 9.97 Å². The van der Waals surface area contributed by atoms with Gasteiger partial charge in [-0.3, -0.25) is 4.98 Å². The van der Waals surface area contributed by atoms with Crippen LogP contribution in [0.2, 0.25) is 0 Å². The maximum absolute atomic E-state index is 5.62. The largest absolute Gasteiger partial charge is 0.476 e. The lowest BCUT2D eigenvalue weighted by atomic mass is 10.2. The molecule has 1 aromatic heterocycles. The van der Waals surface area contributed by atoms with E-state index in [-0.39, 0.29) is 0 Å². The van der Waals surface area contributed by atoms with Crippen LogP contribution in [0.25, 0.3) is 0 Å². The first-order valence-electron chi connectivity index (χ1n) is 6.01. The van der Waals surface area contributed by atoms with Crippen molar-refractivity contribution in [2.24, 2.45) is 0 Å². The molecule has 0 bridgehead atoms. The zero-order valence-corrected chi connectivity index (χ0v) is 10.1. The van der Waals surface area contributed by atoms with Gasteiger partial charge in [-0.15, -0.1) is 0 Å². The molecule has 0 spiro atoms. The Balaban J connectivity index is 2.20. The minimum atomic E-state index is 0.734. The predicted octanol–water partition coefficient (Wildman–Crippen LogP) is 2.04. The molecule has 0 aromatic carbocycles. The van der Waals surface area contributed by atoms with Gasteiger partial charge < -0.3 is 9.64 Å². The smallest absolute Gasteiger partial charge is 0.237 e. The second kappa shape index (κ2) is 5.14. The van der Waals surface area contributed by atoms with Crippen molar-refractivity contribution in [3.8, 4) is 5.88 Å². The van der Waals surface area contributed by atoms with Gasteiger partial charge in [-0.2, -0.15) is 4.98 Å². The average molecular weight is 221 g/mol. The van der Waals surface area contributed by atoms with E-state index in [1.165, 1.54) is 0 Å². The Hall–Kier alpha value is -1.32. The molecule has 0 radical (unpaired) electrons. The summed E-state index contributed by atoms with van der Waals surface area (Å²) in [4.78, 5) is 11.1. The molecule has 1 aliphatic rings. The zero-order chi connectivity index (χ0) is 11.4. The van der Waals surface area contributed by atoms with Crippen LogP contribution in [-0.4, -0.2) is 30.2 Å². The van der Waals surface area contributed by atoms with Gasteiger partial charge in [0.1, 0.15) is 5.69 Å². The minimum Gasteiger partial charge on any atom is -0.476 e. The van der Waals surface area contributed by atoms with Crippen molar-refractivity contribution in [2.45, 2.75) is 32.6 Å². The van der Waals surface area contributed by atoms with Gasteiger partial charge in [0.15, 0.2) is 5.82 Å². The number of hydrogen-bond donors (Lipinski definition) is 0. The van der Waals surface area contributed by atoms with Crippen LogP contribution < -0.4 is 9.64 Å². The fourth-order valence-electron chi connectivity index (χ4n) is 1.87. The SMILES string of the molecule is CCCN(C)c1cnc2c(n1)OCCCC2. The monoisotopic (exact) mass is 221 g/mol. The number of fused-ring (bicyclic) bond motifs is 1. The highest BCUT2D eigenvalue weighted by molar-refractivity contribution is 5.38. The summed E-state index contributed by atoms with van der Waals surface area (Å²) >= 11 is 0. The van der Waals surface area contributed by atoms with Gasteiger partial charge in [-0.05, 0) is 25.7 Å². The zero-order valence-electron chi connectivity index (χ0n) is 10.1. The molecule has 0 unspecified atom stereocenters. The molecule has 16 heavy (non-hydrogen) atoms. The van der Waals surface area contributed by atoms with Crippen LogP contribution in [0, 0.1) is 0 Å². The van der Waals surface area contributed by atoms with Crippen LogP contribution in [0.4, 0.5) is 5.82 Å². The number of hydrogen-bond acceptors (Lipinski definition) is 4. The molecule has 0 atom stereocenters. The van der Waals surface area contributed by atoms with E-state index in [0.29, 0.717) is 0 Å². The third-order valence-electron chi connectivity index (χ3n) is 2.80. The molecule has 4 heteroatoms. The summed E-state index contributed by atoms with van der Waals surface area (Å²) in [6.45, 7) is 3.92. The Morgan fingerprint density at radius 2 is 2.31 bits per heavy atom. The van der Waals surface area contributed by atoms with Gasteiger partial charge >= 0.3 is 0 Å². The summed E-state index contributed by atoms with van der Waals surface area (Å²) in [5, 5.41) is 0. The number of nitrogens with zero attached hydrogens (tertiary/aromatic N) is 3. The molecule has 2 rings (SSSR count). The first-order chi connectivity index (χ1) is 7.81. The third kappa shape index (κ3) is 2.43. The van der Waals surface area contributed by atoms with Gasteiger partial charge in [-0.1, -0.05) is 6.92 Å². The van der Waals surface area contributed by atoms with E-state index in [2.05, 4.69) is 21.8 Å². The summed E-state index contributed by atoms with van der Waals surface area (Å²) in [6.07, 6.45) is 6.18. The third-order valence-corrected chi connectivity index (χ3v) is 2.80. The Kier molecular flexibility index (Phi) is 3.59. The molecule has 0 fully saturated rings. The van der Waals surface area contributed by atoms with Crippen LogP contribution in [-0.2, 0) is 6.42 Å². The Morgan fingerprint density at radius 3 is 3.12 bits per heavy atom. The highest BCUT2D eigenvalue weighted by Gasteiger charge is 2.13. The predicted molar refractivity (Wildman–Crippen MR) is 64.0 cm³/mol. The van der Waals surface area contributed by atoms with Crippen molar-refractivity contribution in [3.63, 3.8) is 0 Å². The molecular formula is C12H19N3O. The molecular weight excluding hydrogens is 202 g/mol. The number of ether oxygens (including phenoxy) is 1. The molecule has 0 amide bonds. The van der Waals surface area contributed by atoms with E-state index < -0.39 is 0 Å². The van der Waals surface area contributed by atoms with Crippen molar-refractivity contribution in [2.75, 3.05) is 25.1 Å². The topological polar surface area (TPSA) is 38.2 Å². The standard InChI is InChI=1S/C12H19N3O/c1-3-7-15(2)11-9-13-10-6-4-5-8-16-12(10)14-11/h9H,3-8H2,1-2H3. The van der Waals surface area contributed by atoms with Gasteiger partial charge in [-0.25, -0.2) is 0 Å². The molecule has 1 aromatic rings. The molecule has 2 heterocycles. The lowest BCUT2D eigenvalue weighted by molar-refractivity contribution is 0.304. The van der Waals surface area contributed by atoms with Crippen LogP contribution in [0.15, 0.2) is 6.20 Å². The summed E-state index contributed by atoms with van der Waals surface area (Å²) in [6, 6.07) is 0. The number of aryl methyl sites for hydroxylation is 1. The number of anilines is 1. The lowest BCUT2D eigenvalue weighted by Crippen LogP contribution is -2.19. The maximum atomic E-state index is 5.62. The molecule has 4 nitrogen and oxygen atoms in total. The van der Waals surface area contributed by atoms with Crippen molar-refractivity contribution in [3.05, 3.63) is 11.9 Å². The highest BCUT2D eigenvalue weighted by Crippen LogP contribution is 2.22. The second-order valence-corrected chi connectivity index (χ2v) is 4.21. The molecule has 0 N–H and O–H groups in total. The van der Waals surface area contributed by atoms with Crippen LogP contribution >= 0.6 is 0 Å². The molecule has 0 saturated heterocycles. The van der Waals surface area contributed by atoms with E-state index in [4.69, 9.17) is 4.74 Å². The van der Waals surface area contributed by atoms with Crippen LogP contribution in [0.1, 0.15) is 31.9 Å². The van der Waals surface area contributed by atoms with Gasteiger partial charge in [0.25, 0.3) is 0 Å². The molecule has 0 aliphatic carbocycles. The van der Waals surface area contributed by atoms with Gasteiger partial charge in [0.2, 0.25) is 5.88 Å². The Labute approximate surface area is 96.7 Å². The van der Waals surface area contributed by atoms with E-state index in [1.54, 1.807) is 0 Å². The molecule has 88 valence electrons. The summed E-state index contributed by atoms with van der Waals surface area (Å²) in [5.74, 6) is 1.64. The average Bonchev–Trinajstić information content (AvgIpc) is 2.53. The van der Waals surface area contributed by atoms with E-state index in [9.17, 15) is 0 Å². The molecule has 0 saturated carbocycles.